The number of amides is 1. The lowest BCUT2D eigenvalue weighted by molar-refractivity contribution is -0.185. The summed E-state index contributed by atoms with van der Waals surface area (Å²) in [5, 5.41) is 11.4. The minimum Gasteiger partial charge on any atom is -0.375 e. The number of carbonyl (C=O) groups is 2. The number of piperidine rings is 1. The minimum absolute atomic E-state index is 0.261. The summed E-state index contributed by atoms with van der Waals surface area (Å²) in [6, 6.07) is 16.0. The topological polar surface area (TPSA) is 79.3 Å². The normalized spacial score (nSPS) is 25.2. The number of rotatable bonds is 5. The van der Waals surface area contributed by atoms with Gasteiger partial charge >= 0.3 is 0 Å². The predicted molar refractivity (Wildman–Crippen MR) is 114 cm³/mol. The van der Waals surface area contributed by atoms with Crippen LogP contribution in [-0.2, 0) is 19.9 Å². The maximum Gasteiger partial charge on any atom is 0.265 e. The van der Waals surface area contributed by atoms with Crippen molar-refractivity contribution >= 4 is 17.4 Å². The Morgan fingerprint density at radius 1 is 0.968 bits per heavy atom. The van der Waals surface area contributed by atoms with Gasteiger partial charge in [-0.05, 0) is 6.07 Å². The number of anilines is 1. The van der Waals surface area contributed by atoms with Crippen molar-refractivity contribution in [2.45, 2.75) is 30.7 Å². The summed E-state index contributed by atoms with van der Waals surface area (Å²) in [7, 11) is 0. The van der Waals surface area contributed by atoms with Crippen LogP contribution < -0.4 is 4.90 Å². The molecule has 1 N–H and O–H groups in total. The van der Waals surface area contributed by atoms with Crippen molar-refractivity contribution < 1.29 is 24.2 Å². The lowest BCUT2D eigenvalue weighted by Crippen LogP contribution is -2.51. The highest BCUT2D eigenvalue weighted by molar-refractivity contribution is 6.10. The maximum atomic E-state index is 13.4. The zero-order valence-electron chi connectivity index (χ0n) is 17.3. The summed E-state index contributed by atoms with van der Waals surface area (Å²) in [6.07, 6.45) is 1.20. The zero-order valence-corrected chi connectivity index (χ0v) is 17.3. The predicted octanol–water partition coefficient (Wildman–Crippen LogP) is 2.29. The lowest BCUT2D eigenvalue weighted by atomic mass is 9.88. The molecular formula is C24H26N2O5. The summed E-state index contributed by atoms with van der Waals surface area (Å²) in [5.41, 5.74) is -0.236. The summed E-state index contributed by atoms with van der Waals surface area (Å²) >= 11 is 0. The second kappa shape index (κ2) is 7.84. The molecule has 5 rings (SSSR count). The molecule has 162 valence electrons. The fourth-order valence-electron chi connectivity index (χ4n) is 4.80. The highest BCUT2D eigenvalue weighted by atomic mass is 16.7. The van der Waals surface area contributed by atoms with Crippen LogP contribution in [0.15, 0.2) is 54.6 Å². The minimum atomic E-state index is -1.86. The Morgan fingerprint density at radius 2 is 1.61 bits per heavy atom. The maximum absolute atomic E-state index is 13.4. The molecule has 1 amide bonds. The third-order valence-corrected chi connectivity index (χ3v) is 6.52. The number of nitrogens with zero attached hydrogens (tertiary/aromatic N) is 2. The zero-order chi connectivity index (χ0) is 21.5. The molecule has 1 atom stereocenters. The van der Waals surface area contributed by atoms with Crippen molar-refractivity contribution in [1.29, 1.82) is 0 Å². The van der Waals surface area contributed by atoms with Gasteiger partial charge < -0.3 is 14.6 Å². The van der Waals surface area contributed by atoms with E-state index in [0.717, 1.165) is 25.9 Å². The van der Waals surface area contributed by atoms with E-state index in [1.165, 1.54) is 0 Å². The molecule has 0 radical (unpaired) electrons. The molecule has 7 nitrogen and oxygen atoms in total. The highest BCUT2D eigenvalue weighted by Crippen LogP contribution is 2.43. The van der Waals surface area contributed by atoms with E-state index in [1.54, 1.807) is 41.3 Å². The molecule has 3 heterocycles. The average Bonchev–Trinajstić information content (AvgIpc) is 3.34. The molecule has 1 spiro atoms. The van der Waals surface area contributed by atoms with Gasteiger partial charge in [-0.1, -0.05) is 48.5 Å². The van der Waals surface area contributed by atoms with Crippen LogP contribution in [-0.4, -0.2) is 60.5 Å². The number of carbonyl (C=O) groups excluding carboxylic acids is 2. The fourth-order valence-corrected chi connectivity index (χ4v) is 4.80. The first-order chi connectivity index (χ1) is 15.0. The van der Waals surface area contributed by atoms with Crippen LogP contribution in [0.25, 0.3) is 0 Å². The van der Waals surface area contributed by atoms with Crippen molar-refractivity contribution in [2.75, 3.05) is 37.9 Å². The third-order valence-electron chi connectivity index (χ3n) is 6.52. The van der Waals surface area contributed by atoms with E-state index in [-0.39, 0.29) is 12.2 Å². The third kappa shape index (κ3) is 3.57. The number of hydrogen-bond donors (Lipinski definition) is 1. The van der Waals surface area contributed by atoms with Crippen LogP contribution in [0.2, 0.25) is 0 Å². The van der Waals surface area contributed by atoms with Gasteiger partial charge in [0.2, 0.25) is 0 Å². The number of hydrogen-bond acceptors (Lipinski definition) is 6. The largest absolute Gasteiger partial charge is 0.375 e. The number of Topliss-reactive ketones (excluding diaryl/α,β-unsaturated/α-hetero) is 1. The van der Waals surface area contributed by atoms with Gasteiger partial charge in [0.25, 0.3) is 5.91 Å². The van der Waals surface area contributed by atoms with E-state index in [0.29, 0.717) is 36.7 Å². The summed E-state index contributed by atoms with van der Waals surface area (Å²) < 4.78 is 11.6. The van der Waals surface area contributed by atoms with Crippen LogP contribution in [0, 0.1) is 0 Å². The molecule has 3 aliphatic rings. The van der Waals surface area contributed by atoms with Gasteiger partial charge in [0.1, 0.15) is 0 Å². The van der Waals surface area contributed by atoms with E-state index in [1.807, 2.05) is 18.2 Å². The second-order valence-corrected chi connectivity index (χ2v) is 8.44. The van der Waals surface area contributed by atoms with Crippen LogP contribution in [0.5, 0.6) is 0 Å². The first-order valence-electron chi connectivity index (χ1n) is 10.7. The van der Waals surface area contributed by atoms with E-state index < -0.39 is 17.3 Å². The number of fused-ring (bicyclic) bond motifs is 1. The molecule has 2 aromatic rings. The van der Waals surface area contributed by atoms with Gasteiger partial charge in [0, 0.05) is 37.1 Å². The number of benzene rings is 2. The van der Waals surface area contributed by atoms with Crippen LogP contribution >= 0.6 is 0 Å². The molecule has 3 aliphatic heterocycles. The molecule has 2 aromatic carbocycles. The number of ether oxygens (including phenoxy) is 2. The molecule has 0 bridgehead atoms. The Hall–Kier alpha value is -2.58. The van der Waals surface area contributed by atoms with Crippen molar-refractivity contribution in [3.63, 3.8) is 0 Å². The van der Waals surface area contributed by atoms with Gasteiger partial charge in [-0.2, -0.15) is 0 Å². The fraction of sp³-hybridized carbons (Fsp3) is 0.417. The van der Waals surface area contributed by atoms with Crippen LogP contribution in [0.3, 0.4) is 0 Å². The molecule has 0 aromatic heterocycles. The number of ketones is 1. The number of aliphatic hydroxyl groups is 1. The van der Waals surface area contributed by atoms with E-state index in [4.69, 9.17) is 9.47 Å². The molecule has 2 saturated heterocycles. The molecule has 0 aliphatic carbocycles. The van der Waals surface area contributed by atoms with Gasteiger partial charge in [0.05, 0.1) is 32.0 Å². The SMILES string of the molecule is O=C(C[C@]1(O)C(=O)N(CN2CCC3(CC2)OCCO3)c2ccccc21)c1ccccc1. The number of likely N-dealkylation sites (tertiary alicyclic amines) is 1. The molecule has 7 heteroatoms. The first-order valence-corrected chi connectivity index (χ1v) is 10.7. The van der Waals surface area contributed by atoms with Gasteiger partial charge in [-0.15, -0.1) is 0 Å². The Balaban J connectivity index is 1.35. The van der Waals surface area contributed by atoms with Crippen molar-refractivity contribution in [1.82, 2.24) is 4.90 Å². The highest BCUT2D eigenvalue weighted by Gasteiger charge is 2.51. The van der Waals surface area contributed by atoms with Crippen molar-refractivity contribution in [3.05, 3.63) is 65.7 Å². The summed E-state index contributed by atoms with van der Waals surface area (Å²) in [5.74, 6) is -1.19. The smallest absolute Gasteiger partial charge is 0.265 e. The lowest BCUT2D eigenvalue weighted by Gasteiger charge is -2.39. The van der Waals surface area contributed by atoms with Gasteiger partial charge in [0.15, 0.2) is 17.2 Å². The Labute approximate surface area is 181 Å². The molecular weight excluding hydrogens is 396 g/mol. The van der Waals surface area contributed by atoms with Crippen molar-refractivity contribution in [2.24, 2.45) is 0 Å². The Bertz CT molecular complexity index is 978. The molecule has 31 heavy (non-hydrogen) atoms. The molecule has 0 unspecified atom stereocenters. The number of para-hydroxylation sites is 1. The Morgan fingerprint density at radius 3 is 2.32 bits per heavy atom. The van der Waals surface area contributed by atoms with Gasteiger partial charge in [-0.3, -0.25) is 19.4 Å². The standard InChI is InChI=1S/C24H26N2O5/c27-21(18-6-2-1-3-7-18)16-24(29)19-8-4-5-9-20(19)26(22(24)28)17-25-12-10-23(11-13-25)30-14-15-31-23/h1-9,29H,10-17H2/t24-/m1/s1. The quantitative estimate of drug-likeness (QED) is 0.745. The monoisotopic (exact) mass is 422 g/mol. The first kappa shape index (κ1) is 20.3. The molecule has 0 saturated carbocycles. The average molecular weight is 422 g/mol. The van der Waals surface area contributed by atoms with E-state index >= 15 is 0 Å². The van der Waals surface area contributed by atoms with E-state index in [2.05, 4.69) is 4.90 Å². The van der Waals surface area contributed by atoms with Crippen LogP contribution in [0.4, 0.5) is 5.69 Å². The Kier molecular flexibility index (Phi) is 5.14. The van der Waals surface area contributed by atoms with Crippen molar-refractivity contribution in [3.8, 4) is 0 Å². The summed E-state index contributed by atoms with van der Waals surface area (Å²) in [6.45, 7) is 3.06. The second-order valence-electron chi connectivity index (χ2n) is 8.44. The van der Waals surface area contributed by atoms with Crippen LogP contribution in [0.1, 0.15) is 35.2 Å². The molecule has 2 fully saturated rings. The van der Waals surface area contributed by atoms with E-state index in [9.17, 15) is 14.7 Å². The van der Waals surface area contributed by atoms with Gasteiger partial charge in [-0.25, -0.2) is 0 Å². The summed E-state index contributed by atoms with van der Waals surface area (Å²) in [4.78, 5) is 30.0.